The third-order valence-electron chi connectivity index (χ3n) is 3.88. The fraction of sp³-hybridized carbons (Fsp3) is 0.150. The van der Waals surface area contributed by atoms with E-state index >= 15 is 0 Å². The van der Waals surface area contributed by atoms with Crippen LogP contribution in [0.15, 0.2) is 65.0 Å². The van der Waals surface area contributed by atoms with Gasteiger partial charge in [0.2, 0.25) is 5.82 Å². The van der Waals surface area contributed by atoms with Crippen LogP contribution in [0.25, 0.3) is 10.9 Å². The highest BCUT2D eigenvalue weighted by molar-refractivity contribution is 7.98. The van der Waals surface area contributed by atoms with Gasteiger partial charge < -0.3 is 4.74 Å². The number of benzene rings is 2. The molecule has 148 valence electrons. The standard InChI is InChI=1S/C20H14F3N3OS2/c21-20(22,23)19-25-16-9-5-4-8-15(16)18(26-19)29-12-13-11-28-17(24-13)10-27-14-6-2-1-3-7-14/h1-9,11H,10,12H2. The molecule has 0 aliphatic heterocycles. The quantitative estimate of drug-likeness (QED) is 0.277. The Morgan fingerprint density at radius 3 is 2.48 bits per heavy atom. The van der Waals surface area contributed by atoms with Crippen LogP contribution in [0.5, 0.6) is 5.75 Å². The molecule has 0 N–H and O–H groups in total. The van der Waals surface area contributed by atoms with Crippen LogP contribution in [0, 0.1) is 0 Å². The van der Waals surface area contributed by atoms with Gasteiger partial charge in [-0.2, -0.15) is 13.2 Å². The summed E-state index contributed by atoms with van der Waals surface area (Å²) in [7, 11) is 0. The van der Waals surface area contributed by atoms with Crippen molar-refractivity contribution < 1.29 is 17.9 Å². The molecule has 0 bridgehead atoms. The first-order valence-electron chi connectivity index (χ1n) is 8.57. The fourth-order valence-corrected chi connectivity index (χ4v) is 4.29. The van der Waals surface area contributed by atoms with E-state index in [2.05, 4.69) is 15.0 Å². The minimum atomic E-state index is -4.60. The molecule has 0 unspecified atom stereocenters. The van der Waals surface area contributed by atoms with Crippen LogP contribution < -0.4 is 4.74 Å². The van der Waals surface area contributed by atoms with E-state index in [4.69, 9.17) is 4.74 Å². The number of halogens is 3. The van der Waals surface area contributed by atoms with Crippen molar-refractivity contribution in [1.29, 1.82) is 0 Å². The molecule has 0 saturated carbocycles. The monoisotopic (exact) mass is 433 g/mol. The minimum absolute atomic E-state index is 0.271. The minimum Gasteiger partial charge on any atom is -0.486 e. The zero-order chi connectivity index (χ0) is 20.3. The Bertz CT molecular complexity index is 1120. The lowest BCUT2D eigenvalue weighted by atomic mass is 10.2. The van der Waals surface area contributed by atoms with Crippen LogP contribution in [0.3, 0.4) is 0 Å². The van der Waals surface area contributed by atoms with Crippen LogP contribution in [0.4, 0.5) is 13.2 Å². The molecule has 0 amide bonds. The van der Waals surface area contributed by atoms with Crippen molar-refractivity contribution in [3.8, 4) is 5.75 Å². The summed E-state index contributed by atoms with van der Waals surface area (Å²) in [4.78, 5) is 11.9. The number of alkyl halides is 3. The van der Waals surface area contributed by atoms with Crippen molar-refractivity contribution in [3.05, 3.63) is 76.5 Å². The van der Waals surface area contributed by atoms with E-state index in [-0.39, 0.29) is 10.5 Å². The maximum absolute atomic E-state index is 13.1. The molecule has 0 atom stereocenters. The van der Waals surface area contributed by atoms with Gasteiger partial charge in [0, 0.05) is 16.5 Å². The zero-order valence-corrected chi connectivity index (χ0v) is 16.5. The summed E-state index contributed by atoms with van der Waals surface area (Å²) in [5, 5.41) is 3.56. The SMILES string of the molecule is FC(F)(F)c1nc(SCc2csc(COc3ccccc3)n2)c2ccccc2n1. The van der Waals surface area contributed by atoms with Gasteiger partial charge in [0.1, 0.15) is 22.4 Å². The summed E-state index contributed by atoms with van der Waals surface area (Å²) in [6, 6.07) is 16.1. The summed E-state index contributed by atoms with van der Waals surface area (Å²) < 4.78 is 45.1. The molecule has 2 aromatic carbocycles. The number of hydrogen-bond donors (Lipinski definition) is 0. The van der Waals surface area contributed by atoms with Crippen molar-refractivity contribution >= 4 is 34.0 Å². The van der Waals surface area contributed by atoms with Crippen LogP contribution in [0.2, 0.25) is 0 Å². The highest BCUT2D eigenvalue weighted by atomic mass is 32.2. The molecule has 4 nitrogen and oxygen atoms in total. The number of ether oxygens (including phenoxy) is 1. The van der Waals surface area contributed by atoms with Gasteiger partial charge in [0.25, 0.3) is 0 Å². The largest absolute Gasteiger partial charge is 0.486 e. The molecule has 0 fully saturated rings. The van der Waals surface area contributed by atoms with E-state index in [1.807, 2.05) is 35.7 Å². The van der Waals surface area contributed by atoms with E-state index in [0.717, 1.165) is 16.5 Å². The van der Waals surface area contributed by atoms with Gasteiger partial charge in [0.15, 0.2) is 0 Å². The van der Waals surface area contributed by atoms with Gasteiger partial charge in [-0.25, -0.2) is 15.0 Å². The van der Waals surface area contributed by atoms with Gasteiger partial charge in [0.05, 0.1) is 11.2 Å². The van der Waals surface area contributed by atoms with Crippen molar-refractivity contribution in [1.82, 2.24) is 15.0 Å². The highest BCUT2D eigenvalue weighted by Crippen LogP contribution is 2.33. The lowest BCUT2D eigenvalue weighted by Crippen LogP contribution is -2.11. The molecule has 9 heteroatoms. The smallest absolute Gasteiger partial charge is 0.451 e. The van der Waals surface area contributed by atoms with Crippen molar-refractivity contribution in [3.63, 3.8) is 0 Å². The molecule has 0 aliphatic carbocycles. The van der Waals surface area contributed by atoms with Crippen molar-refractivity contribution in [2.75, 3.05) is 0 Å². The second kappa shape index (κ2) is 8.38. The van der Waals surface area contributed by atoms with Crippen LogP contribution in [-0.2, 0) is 18.5 Å². The second-order valence-corrected chi connectivity index (χ2v) is 7.90. The van der Waals surface area contributed by atoms with E-state index in [0.29, 0.717) is 17.7 Å². The van der Waals surface area contributed by atoms with Gasteiger partial charge in [-0.1, -0.05) is 48.2 Å². The summed E-state index contributed by atoms with van der Waals surface area (Å²) in [5.74, 6) is 0.0276. The number of hydrogen-bond acceptors (Lipinski definition) is 6. The number of fused-ring (bicyclic) bond motifs is 1. The first-order chi connectivity index (χ1) is 14.0. The first-order valence-corrected chi connectivity index (χ1v) is 10.4. The topological polar surface area (TPSA) is 47.9 Å². The zero-order valence-electron chi connectivity index (χ0n) is 14.9. The molecule has 0 spiro atoms. The van der Waals surface area contributed by atoms with Crippen LogP contribution >= 0.6 is 23.1 Å². The van der Waals surface area contributed by atoms with Crippen LogP contribution in [0.1, 0.15) is 16.5 Å². The lowest BCUT2D eigenvalue weighted by Gasteiger charge is -2.09. The van der Waals surface area contributed by atoms with E-state index in [1.54, 1.807) is 24.3 Å². The predicted molar refractivity (Wildman–Crippen MR) is 107 cm³/mol. The number of rotatable bonds is 6. The Kier molecular flexibility index (Phi) is 5.68. The second-order valence-electron chi connectivity index (χ2n) is 5.99. The molecule has 4 rings (SSSR count). The van der Waals surface area contributed by atoms with Crippen molar-refractivity contribution in [2.24, 2.45) is 0 Å². The highest BCUT2D eigenvalue weighted by Gasteiger charge is 2.35. The van der Waals surface area contributed by atoms with Gasteiger partial charge >= 0.3 is 6.18 Å². The predicted octanol–water partition coefficient (Wildman–Crippen LogP) is 5.98. The third kappa shape index (κ3) is 4.86. The number of thiazole rings is 1. The Hall–Kier alpha value is -2.65. The fourth-order valence-electron chi connectivity index (χ4n) is 2.57. The molecular weight excluding hydrogens is 419 g/mol. The van der Waals surface area contributed by atoms with E-state index < -0.39 is 12.0 Å². The summed E-state index contributed by atoms with van der Waals surface area (Å²) in [6.45, 7) is 0.341. The summed E-state index contributed by atoms with van der Waals surface area (Å²) in [5.41, 5.74) is 1.04. The summed E-state index contributed by atoms with van der Waals surface area (Å²) in [6.07, 6.45) is -4.60. The van der Waals surface area contributed by atoms with E-state index in [9.17, 15) is 13.2 Å². The first kappa shape index (κ1) is 19.7. The Morgan fingerprint density at radius 1 is 0.931 bits per heavy atom. The number of thioether (sulfide) groups is 1. The molecule has 0 saturated heterocycles. The van der Waals surface area contributed by atoms with Gasteiger partial charge in [-0.05, 0) is 18.2 Å². The molecule has 29 heavy (non-hydrogen) atoms. The number of nitrogens with zero attached hydrogens (tertiary/aromatic N) is 3. The van der Waals surface area contributed by atoms with Crippen LogP contribution in [-0.4, -0.2) is 15.0 Å². The van der Waals surface area contributed by atoms with E-state index in [1.165, 1.54) is 23.1 Å². The van der Waals surface area contributed by atoms with Gasteiger partial charge in [-0.15, -0.1) is 11.3 Å². The molecule has 2 heterocycles. The number of para-hydroxylation sites is 2. The van der Waals surface area contributed by atoms with Gasteiger partial charge in [-0.3, -0.25) is 0 Å². The average Bonchev–Trinajstić information content (AvgIpc) is 3.18. The molecule has 0 radical (unpaired) electrons. The average molecular weight is 433 g/mol. The van der Waals surface area contributed by atoms with Crippen molar-refractivity contribution in [2.45, 2.75) is 23.6 Å². The summed E-state index contributed by atoms with van der Waals surface area (Å²) >= 11 is 2.67. The third-order valence-corrected chi connectivity index (χ3v) is 5.78. The lowest BCUT2D eigenvalue weighted by molar-refractivity contribution is -0.145. The molecule has 4 aromatic rings. The Labute approximate surface area is 172 Å². The Morgan fingerprint density at radius 2 is 1.69 bits per heavy atom. The molecule has 0 aliphatic rings. The Balaban J connectivity index is 1.48. The molecule has 2 aromatic heterocycles. The maximum atomic E-state index is 13.1. The normalized spacial score (nSPS) is 11.7. The number of aromatic nitrogens is 3. The molecular formula is C20H14F3N3OS2. The maximum Gasteiger partial charge on any atom is 0.451 e.